The predicted molar refractivity (Wildman–Crippen MR) is 65.8 cm³/mol. The Kier molecular flexibility index (Phi) is 2.38. The van der Waals surface area contributed by atoms with Crippen molar-refractivity contribution in [2.24, 2.45) is 27.7 Å². The SMILES string of the molecule is NC(=O)C1(C(N)=O)CCCC2(C(=O)NC2=O)C12C(=O)NC2=O. The van der Waals surface area contributed by atoms with E-state index in [0.717, 1.165) is 0 Å². The Morgan fingerprint density at radius 1 is 0.818 bits per heavy atom. The van der Waals surface area contributed by atoms with Gasteiger partial charge in [0.15, 0.2) is 16.2 Å². The number of primary amides is 2. The second-order valence-corrected chi connectivity index (χ2v) is 5.71. The maximum Gasteiger partial charge on any atom is 0.245 e. The van der Waals surface area contributed by atoms with Crippen LogP contribution in [0.3, 0.4) is 0 Å². The maximum absolute atomic E-state index is 12.3. The number of rotatable bonds is 2. The summed E-state index contributed by atoms with van der Waals surface area (Å²) in [7, 11) is 0. The van der Waals surface area contributed by atoms with E-state index < -0.39 is 51.7 Å². The molecule has 0 aromatic rings. The first-order valence-electron chi connectivity index (χ1n) is 6.51. The molecular formula is C12H12N4O6. The Bertz CT molecular complexity index is 654. The second kappa shape index (κ2) is 3.70. The van der Waals surface area contributed by atoms with Crippen molar-refractivity contribution in [3.63, 3.8) is 0 Å². The fourth-order valence-corrected chi connectivity index (χ4v) is 4.13. The van der Waals surface area contributed by atoms with E-state index in [1.54, 1.807) is 0 Å². The molecule has 3 rings (SSSR count). The normalized spacial score (nSPS) is 26.7. The van der Waals surface area contributed by atoms with Crippen LogP contribution in [0.4, 0.5) is 0 Å². The minimum Gasteiger partial charge on any atom is -0.369 e. The van der Waals surface area contributed by atoms with Crippen LogP contribution in [-0.2, 0) is 28.8 Å². The van der Waals surface area contributed by atoms with E-state index in [0.29, 0.717) is 0 Å². The minimum absolute atomic E-state index is 0.0628. The number of nitrogens with one attached hydrogen (secondary N) is 2. The lowest BCUT2D eigenvalue weighted by Crippen LogP contribution is -2.89. The summed E-state index contributed by atoms with van der Waals surface area (Å²) in [5, 5.41) is 3.80. The largest absolute Gasteiger partial charge is 0.369 e. The predicted octanol–water partition coefficient (Wildman–Crippen LogP) is -3.59. The summed E-state index contributed by atoms with van der Waals surface area (Å²) in [5.41, 5.74) is 3.58. The lowest BCUT2D eigenvalue weighted by atomic mass is 9.39. The first-order chi connectivity index (χ1) is 10.2. The molecule has 1 saturated carbocycles. The lowest BCUT2D eigenvalue weighted by molar-refractivity contribution is -0.210. The van der Waals surface area contributed by atoms with Crippen molar-refractivity contribution in [2.75, 3.05) is 0 Å². The molecule has 0 unspecified atom stereocenters. The van der Waals surface area contributed by atoms with E-state index >= 15 is 0 Å². The average Bonchev–Trinajstić information content (AvgIpc) is 2.45. The molecule has 1 aliphatic carbocycles. The zero-order valence-electron chi connectivity index (χ0n) is 11.2. The summed E-state index contributed by atoms with van der Waals surface area (Å²) < 4.78 is 0. The molecule has 10 nitrogen and oxygen atoms in total. The molecule has 3 aliphatic rings. The third kappa shape index (κ3) is 1.00. The van der Waals surface area contributed by atoms with Crippen molar-refractivity contribution >= 4 is 35.4 Å². The zero-order valence-corrected chi connectivity index (χ0v) is 11.2. The van der Waals surface area contributed by atoms with Crippen LogP contribution in [0, 0.1) is 16.2 Å². The van der Waals surface area contributed by atoms with E-state index in [1.165, 1.54) is 0 Å². The van der Waals surface area contributed by atoms with Crippen molar-refractivity contribution in [3.05, 3.63) is 0 Å². The third-order valence-electron chi connectivity index (χ3n) is 5.14. The van der Waals surface area contributed by atoms with Gasteiger partial charge in [-0.05, 0) is 12.8 Å². The number of imide groups is 2. The molecule has 2 heterocycles. The van der Waals surface area contributed by atoms with E-state index in [2.05, 4.69) is 0 Å². The summed E-state index contributed by atoms with van der Waals surface area (Å²) in [6, 6.07) is 0. The Morgan fingerprint density at radius 2 is 1.27 bits per heavy atom. The summed E-state index contributed by atoms with van der Waals surface area (Å²) >= 11 is 0. The number of fused-ring (bicyclic) bond motifs is 1. The average molecular weight is 308 g/mol. The van der Waals surface area contributed by atoms with Gasteiger partial charge in [0.05, 0.1) is 0 Å². The fraction of sp³-hybridized carbons (Fsp3) is 0.500. The number of hydrogen-bond acceptors (Lipinski definition) is 6. The number of amides is 6. The van der Waals surface area contributed by atoms with Crippen LogP contribution in [0.1, 0.15) is 19.3 Å². The molecule has 22 heavy (non-hydrogen) atoms. The van der Waals surface area contributed by atoms with Gasteiger partial charge in [0.1, 0.15) is 0 Å². The highest BCUT2D eigenvalue weighted by molar-refractivity contribution is 6.38. The van der Waals surface area contributed by atoms with Gasteiger partial charge in [-0.2, -0.15) is 0 Å². The Balaban J connectivity index is 2.38. The van der Waals surface area contributed by atoms with Crippen molar-refractivity contribution in [1.82, 2.24) is 10.6 Å². The molecule has 2 saturated heterocycles. The fourth-order valence-electron chi connectivity index (χ4n) is 4.13. The van der Waals surface area contributed by atoms with E-state index in [1.807, 2.05) is 10.6 Å². The Hall–Kier alpha value is -2.78. The van der Waals surface area contributed by atoms with Crippen molar-refractivity contribution in [2.45, 2.75) is 19.3 Å². The quantitative estimate of drug-likeness (QED) is 0.302. The molecule has 2 aliphatic heterocycles. The topological polar surface area (TPSA) is 179 Å². The molecule has 0 radical (unpaired) electrons. The van der Waals surface area contributed by atoms with Crippen molar-refractivity contribution in [3.8, 4) is 0 Å². The summed E-state index contributed by atoms with van der Waals surface area (Å²) in [5.74, 6) is -6.47. The van der Waals surface area contributed by atoms with Gasteiger partial charge >= 0.3 is 0 Å². The maximum atomic E-state index is 12.3. The highest BCUT2D eigenvalue weighted by Gasteiger charge is 2.88. The number of carbonyl (C=O) groups is 6. The summed E-state index contributed by atoms with van der Waals surface area (Å²) in [6.07, 6.45) is -0.356. The molecule has 0 aromatic carbocycles. The molecule has 0 aromatic heterocycles. The molecule has 2 spiro atoms. The Morgan fingerprint density at radius 3 is 1.64 bits per heavy atom. The van der Waals surface area contributed by atoms with Crippen LogP contribution in [-0.4, -0.2) is 35.4 Å². The molecule has 3 fully saturated rings. The lowest BCUT2D eigenvalue weighted by Gasteiger charge is -2.62. The van der Waals surface area contributed by atoms with Crippen LogP contribution in [0.2, 0.25) is 0 Å². The monoisotopic (exact) mass is 308 g/mol. The van der Waals surface area contributed by atoms with Gasteiger partial charge in [0.2, 0.25) is 35.4 Å². The molecule has 0 atom stereocenters. The van der Waals surface area contributed by atoms with Gasteiger partial charge in [-0.15, -0.1) is 0 Å². The standard InChI is InChI=1S/C12H12N4O6/c13-4(17)10(5(14)18)2-1-3-11(6(19)15-7(11)20)12(10)8(21)16-9(12)22/h1-3H2,(H2,13,17)(H2,14,18)(H,15,19,20)(H,16,21,22). The van der Waals surface area contributed by atoms with Crippen molar-refractivity contribution in [1.29, 1.82) is 0 Å². The van der Waals surface area contributed by atoms with Crippen LogP contribution in [0.15, 0.2) is 0 Å². The molecular weight excluding hydrogens is 296 g/mol. The van der Waals surface area contributed by atoms with Gasteiger partial charge in [0.25, 0.3) is 0 Å². The van der Waals surface area contributed by atoms with Crippen LogP contribution in [0.5, 0.6) is 0 Å². The first-order valence-corrected chi connectivity index (χ1v) is 6.51. The highest BCUT2D eigenvalue weighted by atomic mass is 16.2. The number of nitrogens with two attached hydrogens (primary N) is 2. The molecule has 6 N–H and O–H groups in total. The number of hydrogen-bond donors (Lipinski definition) is 4. The smallest absolute Gasteiger partial charge is 0.245 e. The van der Waals surface area contributed by atoms with Gasteiger partial charge in [0, 0.05) is 0 Å². The summed E-state index contributed by atoms with van der Waals surface area (Å²) in [4.78, 5) is 72.7. The molecule has 6 amide bonds. The highest BCUT2D eigenvalue weighted by Crippen LogP contribution is 2.65. The van der Waals surface area contributed by atoms with Crippen LogP contribution >= 0.6 is 0 Å². The number of β-lactam (4-membered cyclic amide) rings is 4. The van der Waals surface area contributed by atoms with E-state index in [9.17, 15) is 28.8 Å². The third-order valence-corrected chi connectivity index (χ3v) is 5.14. The molecule has 0 bridgehead atoms. The first kappa shape index (κ1) is 14.2. The molecule has 10 heteroatoms. The minimum atomic E-state index is -2.49. The van der Waals surface area contributed by atoms with Gasteiger partial charge in [-0.1, -0.05) is 6.42 Å². The summed E-state index contributed by atoms with van der Waals surface area (Å²) in [6.45, 7) is 0. The van der Waals surface area contributed by atoms with Gasteiger partial charge in [-0.3, -0.25) is 39.4 Å². The zero-order chi connectivity index (χ0) is 16.5. The van der Waals surface area contributed by atoms with E-state index in [-0.39, 0.29) is 19.3 Å². The van der Waals surface area contributed by atoms with Gasteiger partial charge in [-0.25, -0.2) is 0 Å². The van der Waals surface area contributed by atoms with Crippen LogP contribution < -0.4 is 22.1 Å². The molecule has 116 valence electrons. The van der Waals surface area contributed by atoms with Crippen LogP contribution in [0.25, 0.3) is 0 Å². The van der Waals surface area contributed by atoms with Crippen molar-refractivity contribution < 1.29 is 28.8 Å². The van der Waals surface area contributed by atoms with Gasteiger partial charge < -0.3 is 11.5 Å². The second-order valence-electron chi connectivity index (χ2n) is 5.71. The number of carbonyl (C=O) groups excluding carboxylic acids is 6. The Labute approximate surface area is 122 Å². The van der Waals surface area contributed by atoms with E-state index in [4.69, 9.17) is 11.5 Å².